The zero-order valence-corrected chi connectivity index (χ0v) is 33.9. The van der Waals surface area contributed by atoms with Gasteiger partial charge in [0.15, 0.2) is 6.29 Å². The summed E-state index contributed by atoms with van der Waals surface area (Å²) in [6.45, 7) is 3.40. The summed E-state index contributed by atoms with van der Waals surface area (Å²) in [7, 11) is -5.04. The van der Waals surface area contributed by atoms with Crippen LogP contribution in [0.4, 0.5) is 0 Å². The highest BCUT2D eigenvalue weighted by Gasteiger charge is 2.48. The third-order valence-corrected chi connectivity index (χ3v) is 10.2. The molecular formula is C40H76O12S. The molecule has 13 heteroatoms. The van der Waals surface area contributed by atoms with Gasteiger partial charge in [-0.3, -0.25) is 9.35 Å². The Balaban J connectivity index is 2.04. The highest BCUT2D eigenvalue weighted by Crippen LogP contribution is 2.26. The van der Waals surface area contributed by atoms with Gasteiger partial charge in [0.05, 0.1) is 19.8 Å². The molecule has 1 aliphatic heterocycles. The number of aliphatic hydroxyl groups excluding tert-OH is 3. The minimum Gasteiger partial charge on any atom is -0.457 e. The lowest BCUT2D eigenvalue weighted by Gasteiger charge is -2.41. The summed E-state index contributed by atoms with van der Waals surface area (Å²) in [5, 5.41) is 30.1. The second kappa shape index (κ2) is 33.0. The predicted octanol–water partition coefficient (Wildman–Crippen LogP) is 7.91. The molecule has 1 saturated heterocycles. The Bertz CT molecular complexity index is 994. The fourth-order valence-electron chi connectivity index (χ4n) is 6.47. The van der Waals surface area contributed by atoms with E-state index >= 15 is 0 Å². The van der Waals surface area contributed by atoms with Crippen molar-refractivity contribution in [3.8, 4) is 0 Å². The standard InChI is InChI=1S/C40H76O12S/c1-3-5-6-7-8-9-10-11-12-13-14-15-16-17-18-19-20-21-22-23-24-25-26-27-28-29-30-48-32-34(50-36(42)4-2)33-49-40-38(44)39(52-53(45,46)47)37(43)35(31-41)51-40/h13-14,34-35,37-41,43-44H,3-12,15-33H2,1-2H3,(H,45,46,47)/b14-13-. The maximum absolute atomic E-state index is 11.9. The summed E-state index contributed by atoms with van der Waals surface area (Å²) in [6, 6.07) is 0. The van der Waals surface area contributed by atoms with Crippen LogP contribution in [0, 0.1) is 0 Å². The number of unbranched alkanes of at least 4 members (excludes halogenated alkanes) is 22. The molecule has 0 radical (unpaired) electrons. The van der Waals surface area contributed by atoms with Gasteiger partial charge in [-0.05, 0) is 32.1 Å². The van der Waals surface area contributed by atoms with Gasteiger partial charge in [0.1, 0.15) is 30.5 Å². The first kappa shape index (κ1) is 49.9. The lowest BCUT2D eigenvalue weighted by Crippen LogP contribution is -2.60. The topological polar surface area (TPSA) is 178 Å². The van der Waals surface area contributed by atoms with Crippen molar-refractivity contribution in [2.45, 2.75) is 211 Å². The van der Waals surface area contributed by atoms with Crippen LogP contribution in [0.15, 0.2) is 12.2 Å². The number of hydrogen-bond donors (Lipinski definition) is 4. The van der Waals surface area contributed by atoms with E-state index in [0.29, 0.717) is 6.61 Å². The molecule has 314 valence electrons. The molecule has 0 amide bonds. The minimum atomic E-state index is -5.04. The molecule has 1 aliphatic rings. The summed E-state index contributed by atoms with van der Waals surface area (Å²) in [5.41, 5.74) is 0. The molecular weight excluding hydrogens is 704 g/mol. The average molecular weight is 781 g/mol. The second-order valence-corrected chi connectivity index (χ2v) is 15.6. The highest BCUT2D eigenvalue weighted by molar-refractivity contribution is 7.80. The molecule has 0 aliphatic carbocycles. The fraction of sp³-hybridized carbons (Fsp3) is 0.925. The maximum Gasteiger partial charge on any atom is 0.397 e. The van der Waals surface area contributed by atoms with E-state index in [1.807, 2.05) is 0 Å². The van der Waals surface area contributed by atoms with E-state index < -0.39 is 59.8 Å². The molecule has 0 bridgehead atoms. The van der Waals surface area contributed by atoms with Gasteiger partial charge >= 0.3 is 16.4 Å². The van der Waals surface area contributed by atoms with Crippen molar-refractivity contribution >= 4 is 16.4 Å². The molecule has 6 atom stereocenters. The smallest absolute Gasteiger partial charge is 0.397 e. The Morgan fingerprint density at radius 3 is 1.62 bits per heavy atom. The Labute approximate surface area is 321 Å². The van der Waals surface area contributed by atoms with Gasteiger partial charge in [-0.1, -0.05) is 148 Å². The molecule has 6 unspecified atom stereocenters. The lowest BCUT2D eigenvalue weighted by atomic mass is 9.99. The minimum absolute atomic E-state index is 0.0301. The Morgan fingerprint density at radius 1 is 0.698 bits per heavy atom. The van der Waals surface area contributed by atoms with Crippen LogP contribution in [0.5, 0.6) is 0 Å². The Morgan fingerprint density at radius 2 is 1.17 bits per heavy atom. The third kappa shape index (κ3) is 27.1. The third-order valence-electron chi connectivity index (χ3n) is 9.69. The summed E-state index contributed by atoms with van der Waals surface area (Å²) in [5.74, 6) is -0.485. The van der Waals surface area contributed by atoms with Crippen LogP contribution in [0.1, 0.15) is 174 Å². The van der Waals surface area contributed by atoms with Crippen LogP contribution in [0.3, 0.4) is 0 Å². The number of carbonyl (C=O) groups excluding carboxylic acids is 1. The van der Waals surface area contributed by atoms with Crippen LogP contribution in [0.25, 0.3) is 0 Å². The molecule has 53 heavy (non-hydrogen) atoms. The molecule has 1 rings (SSSR count). The van der Waals surface area contributed by atoms with Gasteiger partial charge in [0.2, 0.25) is 0 Å². The van der Waals surface area contributed by atoms with Crippen LogP contribution in [0.2, 0.25) is 0 Å². The Hall–Kier alpha value is -1.16. The van der Waals surface area contributed by atoms with Crippen molar-refractivity contribution in [3.63, 3.8) is 0 Å². The second-order valence-electron chi connectivity index (χ2n) is 14.5. The Kier molecular flexibility index (Phi) is 31.1. The first-order valence-electron chi connectivity index (χ1n) is 20.9. The highest BCUT2D eigenvalue weighted by atomic mass is 32.3. The lowest BCUT2D eigenvalue weighted by molar-refractivity contribution is -0.301. The number of carbonyl (C=O) groups is 1. The van der Waals surface area contributed by atoms with Crippen molar-refractivity contribution < 1.29 is 56.2 Å². The molecule has 1 fully saturated rings. The monoisotopic (exact) mass is 781 g/mol. The van der Waals surface area contributed by atoms with E-state index in [1.165, 1.54) is 135 Å². The zero-order chi connectivity index (χ0) is 39.0. The van der Waals surface area contributed by atoms with Gasteiger partial charge in [-0.2, -0.15) is 8.42 Å². The quantitative estimate of drug-likeness (QED) is 0.0209. The van der Waals surface area contributed by atoms with Crippen LogP contribution in [-0.4, -0.2) is 97.5 Å². The number of esters is 1. The summed E-state index contributed by atoms with van der Waals surface area (Å²) < 4.78 is 57.8. The molecule has 0 aromatic heterocycles. The number of allylic oxidation sites excluding steroid dienone is 2. The van der Waals surface area contributed by atoms with Crippen LogP contribution >= 0.6 is 0 Å². The van der Waals surface area contributed by atoms with Crippen LogP contribution < -0.4 is 0 Å². The summed E-state index contributed by atoms with van der Waals surface area (Å²) >= 11 is 0. The first-order chi connectivity index (χ1) is 25.6. The summed E-state index contributed by atoms with van der Waals surface area (Å²) in [6.07, 6.45) is 26.9. The normalized spacial score (nSPS) is 21.4. The number of ether oxygens (including phenoxy) is 4. The number of aliphatic hydroxyl groups is 3. The molecule has 0 aromatic rings. The van der Waals surface area contributed by atoms with Gasteiger partial charge in [-0.15, -0.1) is 0 Å². The molecule has 1 heterocycles. The van der Waals surface area contributed by atoms with Crippen molar-refractivity contribution in [2.75, 3.05) is 26.4 Å². The SMILES string of the molecule is CCCCCCCCCC/C=C\CCCCCCCCCCCCCCCCOCC(COC1OC(CO)C(O)C(OS(=O)(=O)O)C1O)OC(=O)CC. The number of rotatable bonds is 36. The molecule has 0 saturated carbocycles. The molecule has 0 aromatic carbocycles. The first-order valence-corrected chi connectivity index (χ1v) is 22.3. The fourth-order valence-corrected chi connectivity index (χ4v) is 6.98. The summed E-state index contributed by atoms with van der Waals surface area (Å²) in [4.78, 5) is 11.9. The average Bonchev–Trinajstić information content (AvgIpc) is 3.13. The van der Waals surface area contributed by atoms with Gasteiger partial charge in [0, 0.05) is 13.0 Å². The van der Waals surface area contributed by atoms with Crippen molar-refractivity contribution in [1.82, 2.24) is 0 Å². The van der Waals surface area contributed by atoms with E-state index in [2.05, 4.69) is 23.3 Å². The van der Waals surface area contributed by atoms with Gasteiger partial charge in [0.25, 0.3) is 0 Å². The van der Waals surface area contributed by atoms with E-state index in [4.69, 9.17) is 23.5 Å². The predicted molar refractivity (Wildman–Crippen MR) is 207 cm³/mol. The van der Waals surface area contributed by atoms with Crippen molar-refractivity contribution in [2.24, 2.45) is 0 Å². The van der Waals surface area contributed by atoms with Crippen molar-refractivity contribution in [1.29, 1.82) is 0 Å². The molecule has 12 nitrogen and oxygen atoms in total. The maximum atomic E-state index is 11.9. The van der Waals surface area contributed by atoms with E-state index in [1.54, 1.807) is 6.92 Å². The molecule has 4 N–H and O–H groups in total. The van der Waals surface area contributed by atoms with E-state index in [9.17, 15) is 28.5 Å². The molecule has 0 spiro atoms. The van der Waals surface area contributed by atoms with Gasteiger partial charge in [-0.25, -0.2) is 4.18 Å². The van der Waals surface area contributed by atoms with E-state index in [-0.39, 0.29) is 19.6 Å². The largest absolute Gasteiger partial charge is 0.457 e. The zero-order valence-electron chi connectivity index (χ0n) is 33.1. The van der Waals surface area contributed by atoms with E-state index in [0.717, 1.165) is 19.3 Å². The number of hydrogen-bond acceptors (Lipinski definition) is 11. The van der Waals surface area contributed by atoms with Crippen molar-refractivity contribution in [3.05, 3.63) is 12.2 Å². The van der Waals surface area contributed by atoms with Gasteiger partial charge < -0.3 is 34.3 Å². The van der Waals surface area contributed by atoms with Crippen LogP contribution in [-0.2, 0) is 38.3 Å².